The maximum absolute atomic E-state index is 12.5. The predicted molar refractivity (Wildman–Crippen MR) is 126 cm³/mol. The van der Waals surface area contributed by atoms with Crippen LogP contribution in [0.4, 0.5) is 5.69 Å². The lowest BCUT2D eigenvalue weighted by atomic mass is 10.1. The molecule has 0 fully saturated rings. The van der Waals surface area contributed by atoms with E-state index in [-0.39, 0.29) is 17.9 Å². The summed E-state index contributed by atoms with van der Waals surface area (Å²) in [6.45, 7) is 2.00. The number of carbonyl (C=O) groups excluding carboxylic acids is 2. The molecular formula is C26H28N2O4. The van der Waals surface area contributed by atoms with Gasteiger partial charge in [0, 0.05) is 22.9 Å². The Morgan fingerprint density at radius 2 is 1.47 bits per heavy atom. The van der Waals surface area contributed by atoms with Gasteiger partial charge in [0.25, 0.3) is 11.8 Å². The monoisotopic (exact) mass is 432 g/mol. The van der Waals surface area contributed by atoms with Crippen LogP contribution >= 0.6 is 0 Å². The van der Waals surface area contributed by atoms with E-state index in [4.69, 9.17) is 9.47 Å². The van der Waals surface area contributed by atoms with Crippen LogP contribution in [0.3, 0.4) is 0 Å². The zero-order valence-electron chi connectivity index (χ0n) is 18.6. The molecule has 1 atom stereocenters. The molecule has 32 heavy (non-hydrogen) atoms. The highest BCUT2D eigenvalue weighted by molar-refractivity contribution is 6.05. The number of nitrogens with one attached hydrogen (secondary N) is 2. The van der Waals surface area contributed by atoms with E-state index in [2.05, 4.69) is 22.8 Å². The van der Waals surface area contributed by atoms with Gasteiger partial charge in [-0.3, -0.25) is 9.59 Å². The van der Waals surface area contributed by atoms with Crippen LogP contribution in [-0.4, -0.2) is 32.1 Å². The molecule has 6 nitrogen and oxygen atoms in total. The highest BCUT2D eigenvalue weighted by Gasteiger charge is 2.13. The zero-order chi connectivity index (χ0) is 22.9. The van der Waals surface area contributed by atoms with Gasteiger partial charge in [0.15, 0.2) is 11.5 Å². The smallest absolute Gasteiger partial charge is 0.255 e. The third-order valence-corrected chi connectivity index (χ3v) is 5.14. The van der Waals surface area contributed by atoms with E-state index in [0.717, 1.165) is 12.8 Å². The van der Waals surface area contributed by atoms with Crippen LogP contribution in [0, 0.1) is 0 Å². The fourth-order valence-electron chi connectivity index (χ4n) is 3.29. The van der Waals surface area contributed by atoms with Crippen LogP contribution in [-0.2, 0) is 6.42 Å². The Labute approximate surface area is 188 Å². The second kappa shape index (κ2) is 11.0. The Morgan fingerprint density at radius 3 is 2.12 bits per heavy atom. The van der Waals surface area contributed by atoms with Crippen LogP contribution in [0.2, 0.25) is 0 Å². The summed E-state index contributed by atoms with van der Waals surface area (Å²) in [6, 6.07) is 22.0. The summed E-state index contributed by atoms with van der Waals surface area (Å²) >= 11 is 0. The maximum Gasteiger partial charge on any atom is 0.255 e. The van der Waals surface area contributed by atoms with Crippen LogP contribution in [0.5, 0.6) is 11.5 Å². The molecule has 3 rings (SSSR count). The van der Waals surface area contributed by atoms with Crippen molar-refractivity contribution in [2.45, 2.75) is 25.8 Å². The van der Waals surface area contributed by atoms with Gasteiger partial charge in [-0.2, -0.15) is 0 Å². The molecule has 3 aromatic carbocycles. The summed E-state index contributed by atoms with van der Waals surface area (Å²) in [7, 11) is 3.06. The molecule has 3 aromatic rings. The first-order valence-corrected chi connectivity index (χ1v) is 10.5. The first-order chi connectivity index (χ1) is 15.5. The average molecular weight is 433 g/mol. The Hall–Kier alpha value is -3.80. The number of anilines is 1. The molecule has 2 amide bonds. The Balaban J connectivity index is 1.55. The largest absolute Gasteiger partial charge is 0.493 e. The van der Waals surface area contributed by atoms with Crippen molar-refractivity contribution in [3.8, 4) is 11.5 Å². The van der Waals surface area contributed by atoms with Gasteiger partial charge in [0.05, 0.1) is 14.2 Å². The molecule has 0 radical (unpaired) electrons. The molecule has 0 saturated heterocycles. The lowest BCUT2D eigenvalue weighted by molar-refractivity contribution is 0.0938. The van der Waals surface area contributed by atoms with Crippen molar-refractivity contribution in [3.05, 3.63) is 89.5 Å². The number of aryl methyl sites for hydroxylation is 1. The van der Waals surface area contributed by atoms with Crippen molar-refractivity contribution < 1.29 is 19.1 Å². The summed E-state index contributed by atoms with van der Waals surface area (Å²) in [4.78, 5) is 25.1. The third kappa shape index (κ3) is 6.11. The maximum atomic E-state index is 12.5. The quantitative estimate of drug-likeness (QED) is 0.514. The second-order valence-corrected chi connectivity index (χ2v) is 7.50. The molecule has 166 valence electrons. The molecule has 0 aliphatic heterocycles. The van der Waals surface area contributed by atoms with Crippen LogP contribution < -0.4 is 20.1 Å². The predicted octanol–water partition coefficient (Wildman–Crippen LogP) is 4.71. The van der Waals surface area contributed by atoms with E-state index in [1.165, 1.54) is 12.7 Å². The topological polar surface area (TPSA) is 76.7 Å². The summed E-state index contributed by atoms with van der Waals surface area (Å²) in [5.74, 6) is 0.618. The molecule has 0 aromatic heterocycles. The fraction of sp³-hybridized carbons (Fsp3) is 0.231. The normalized spacial score (nSPS) is 11.3. The lowest BCUT2D eigenvalue weighted by Gasteiger charge is -2.14. The molecule has 2 N–H and O–H groups in total. The number of hydrogen-bond acceptors (Lipinski definition) is 4. The Bertz CT molecular complexity index is 1050. The van der Waals surface area contributed by atoms with Crippen LogP contribution in [0.25, 0.3) is 0 Å². The average Bonchev–Trinajstić information content (AvgIpc) is 2.83. The van der Waals surface area contributed by atoms with E-state index in [9.17, 15) is 9.59 Å². The molecule has 0 aliphatic rings. The summed E-state index contributed by atoms with van der Waals surface area (Å²) in [5, 5.41) is 5.85. The third-order valence-electron chi connectivity index (χ3n) is 5.14. The number of ether oxygens (including phenoxy) is 2. The number of rotatable bonds is 9. The van der Waals surface area contributed by atoms with Crippen molar-refractivity contribution >= 4 is 17.5 Å². The van der Waals surface area contributed by atoms with Gasteiger partial charge in [-0.05, 0) is 67.8 Å². The lowest BCUT2D eigenvalue weighted by Crippen LogP contribution is -2.32. The minimum Gasteiger partial charge on any atom is -0.493 e. The minimum absolute atomic E-state index is 0.0483. The highest BCUT2D eigenvalue weighted by Crippen LogP contribution is 2.27. The fourth-order valence-corrected chi connectivity index (χ4v) is 3.29. The molecule has 0 spiro atoms. The number of methoxy groups -OCH3 is 2. The van der Waals surface area contributed by atoms with Gasteiger partial charge in [-0.1, -0.05) is 30.3 Å². The molecule has 0 unspecified atom stereocenters. The molecule has 0 saturated carbocycles. The Kier molecular flexibility index (Phi) is 7.86. The van der Waals surface area contributed by atoms with Gasteiger partial charge in [-0.15, -0.1) is 0 Å². The SMILES string of the molecule is COc1ccc(C(=O)Nc2ccc(C(=O)N[C@@H](C)CCc3ccccc3)cc2)cc1OC. The molecule has 0 aliphatic carbocycles. The van der Waals surface area contributed by atoms with Gasteiger partial charge in [0.2, 0.25) is 0 Å². The van der Waals surface area contributed by atoms with Gasteiger partial charge in [-0.25, -0.2) is 0 Å². The number of hydrogen-bond donors (Lipinski definition) is 2. The van der Waals surface area contributed by atoms with E-state index in [1.54, 1.807) is 49.6 Å². The number of amides is 2. The van der Waals surface area contributed by atoms with E-state index >= 15 is 0 Å². The Morgan fingerprint density at radius 1 is 0.812 bits per heavy atom. The van der Waals surface area contributed by atoms with Crippen molar-refractivity contribution in [2.75, 3.05) is 19.5 Å². The summed E-state index contributed by atoms with van der Waals surface area (Å²) < 4.78 is 10.4. The standard InChI is InChI=1S/C26H28N2O4/c1-18(9-10-19-7-5-4-6-8-19)27-25(29)20-11-14-22(15-12-20)28-26(30)21-13-16-23(31-2)24(17-21)32-3/h4-8,11-18H,9-10H2,1-3H3,(H,27,29)(H,28,30)/t18-/m0/s1. The minimum atomic E-state index is -0.280. The molecule has 0 heterocycles. The van der Waals surface area contributed by atoms with E-state index in [0.29, 0.717) is 28.3 Å². The van der Waals surface area contributed by atoms with Crippen molar-refractivity contribution in [3.63, 3.8) is 0 Å². The summed E-state index contributed by atoms with van der Waals surface area (Å²) in [5.41, 5.74) is 2.83. The molecule has 0 bridgehead atoms. The van der Waals surface area contributed by atoms with Gasteiger partial charge >= 0.3 is 0 Å². The molecular weight excluding hydrogens is 404 g/mol. The number of benzene rings is 3. The first kappa shape index (κ1) is 22.9. The van der Waals surface area contributed by atoms with Crippen LogP contribution in [0.1, 0.15) is 39.6 Å². The van der Waals surface area contributed by atoms with Crippen molar-refractivity contribution in [1.29, 1.82) is 0 Å². The van der Waals surface area contributed by atoms with E-state index < -0.39 is 0 Å². The van der Waals surface area contributed by atoms with Crippen molar-refractivity contribution in [2.24, 2.45) is 0 Å². The van der Waals surface area contributed by atoms with Gasteiger partial charge in [0.1, 0.15) is 0 Å². The summed E-state index contributed by atoms with van der Waals surface area (Å²) in [6.07, 6.45) is 1.76. The zero-order valence-corrected chi connectivity index (χ0v) is 18.6. The number of carbonyl (C=O) groups is 2. The van der Waals surface area contributed by atoms with Crippen LogP contribution in [0.15, 0.2) is 72.8 Å². The molecule has 6 heteroatoms. The van der Waals surface area contributed by atoms with Crippen molar-refractivity contribution in [1.82, 2.24) is 5.32 Å². The highest BCUT2D eigenvalue weighted by atomic mass is 16.5. The van der Waals surface area contributed by atoms with Gasteiger partial charge < -0.3 is 20.1 Å². The first-order valence-electron chi connectivity index (χ1n) is 10.5. The second-order valence-electron chi connectivity index (χ2n) is 7.50. The van der Waals surface area contributed by atoms with E-state index in [1.807, 2.05) is 25.1 Å².